The summed E-state index contributed by atoms with van der Waals surface area (Å²) in [5, 5.41) is 2.12. The topological polar surface area (TPSA) is 0 Å². The van der Waals surface area contributed by atoms with Crippen LogP contribution >= 0.6 is 11.3 Å². The first kappa shape index (κ1) is 9.22. The Hall–Kier alpha value is -1.34. The summed E-state index contributed by atoms with van der Waals surface area (Å²) in [5.74, 6) is 0. The highest BCUT2D eigenvalue weighted by molar-refractivity contribution is 7.09. The van der Waals surface area contributed by atoms with Crippen LogP contribution < -0.4 is 0 Å². The zero-order valence-corrected chi connectivity index (χ0v) is 8.76. The molecule has 0 bridgehead atoms. The van der Waals surface area contributed by atoms with Gasteiger partial charge in [-0.05, 0) is 22.6 Å². The highest BCUT2D eigenvalue weighted by atomic mass is 32.1. The van der Waals surface area contributed by atoms with Crippen LogP contribution in [0.2, 0.25) is 0 Å². The van der Waals surface area contributed by atoms with Crippen molar-refractivity contribution in [2.24, 2.45) is 0 Å². The highest BCUT2D eigenvalue weighted by Crippen LogP contribution is 2.18. The summed E-state index contributed by atoms with van der Waals surface area (Å²) in [6.45, 7) is 3.82. The molecule has 1 heteroatoms. The monoisotopic (exact) mass is 200 g/mol. The van der Waals surface area contributed by atoms with E-state index in [1.165, 1.54) is 16.0 Å². The minimum Gasteiger partial charge on any atom is -0.149 e. The molecule has 0 aliphatic heterocycles. The van der Waals surface area contributed by atoms with Crippen molar-refractivity contribution in [2.45, 2.75) is 6.42 Å². The largest absolute Gasteiger partial charge is 0.149 e. The van der Waals surface area contributed by atoms with E-state index in [1.807, 2.05) is 6.08 Å². The predicted molar refractivity (Wildman–Crippen MR) is 63.7 cm³/mol. The third-order valence-electron chi connectivity index (χ3n) is 2.22. The fourth-order valence-electron chi connectivity index (χ4n) is 1.50. The van der Waals surface area contributed by atoms with Crippen molar-refractivity contribution in [3.63, 3.8) is 0 Å². The van der Waals surface area contributed by atoms with Gasteiger partial charge >= 0.3 is 0 Å². The molecule has 0 N–H and O–H groups in total. The van der Waals surface area contributed by atoms with Gasteiger partial charge in [0.2, 0.25) is 0 Å². The molecule has 14 heavy (non-hydrogen) atoms. The van der Waals surface area contributed by atoms with Crippen LogP contribution in [0.1, 0.15) is 16.0 Å². The van der Waals surface area contributed by atoms with E-state index < -0.39 is 0 Å². The highest BCUT2D eigenvalue weighted by Gasteiger charge is 2.00. The van der Waals surface area contributed by atoms with Gasteiger partial charge in [0.15, 0.2) is 0 Å². The van der Waals surface area contributed by atoms with Crippen molar-refractivity contribution in [3.8, 4) is 0 Å². The van der Waals surface area contributed by atoms with Crippen LogP contribution in [0.5, 0.6) is 0 Å². The van der Waals surface area contributed by atoms with Crippen LogP contribution in [0.25, 0.3) is 6.08 Å². The molecule has 1 aromatic carbocycles. The maximum absolute atomic E-state index is 3.82. The number of benzene rings is 1. The first-order valence-electron chi connectivity index (χ1n) is 4.63. The fourth-order valence-corrected chi connectivity index (χ4v) is 2.22. The normalized spacial score (nSPS) is 10.0. The van der Waals surface area contributed by atoms with E-state index in [9.17, 15) is 0 Å². The molecule has 0 aliphatic rings. The molecule has 0 aliphatic carbocycles. The Kier molecular flexibility index (Phi) is 2.80. The first-order valence-corrected chi connectivity index (χ1v) is 5.51. The molecular formula is C13H12S. The zero-order valence-electron chi connectivity index (χ0n) is 7.94. The van der Waals surface area contributed by atoms with Crippen LogP contribution in [0.15, 0.2) is 48.4 Å². The lowest BCUT2D eigenvalue weighted by Crippen LogP contribution is -1.88. The van der Waals surface area contributed by atoms with E-state index in [4.69, 9.17) is 0 Å². The summed E-state index contributed by atoms with van der Waals surface area (Å²) >= 11 is 1.80. The van der Waals surface area contributed by atoms with Gasteiger partial charge in [0.25, 0.3) is 0 Å². The van der Waals surface area contributed by atoms with Gasteiger partial charge in [0.1, 0.15) is 0 Å². The van der Waals surface area contributed by atoms with Gasteiger partial charge in [-0.25, -0.2) is 0 Å². The molecule has 1 heterocycles. The standard InChI is InChI=1S/C13H12S/c1-2-11-6-3-4-7-12(11)10-13-8-5-9-14-13/h2-9H,1,10H2. The molecule has 0 spiro atoms. The average Bonchev–Trinajstić information content (AvgIpc) is 2.71. The predicted octanol–water partition coefficient (Wildman–Crippen LogP) is 3.98. The molecule has 0 saturated heterocycles. The average molecular weight is 200 g/mol. The molecule has 1 aromatic heterocycles. The smallest absolute Gasteiger partial charge is 0.00892 e. The third-order valence-corrected chi connectivity index (χ3v) is 3.10. The molecule has 2 aromatic rings. The molecule has 2 rings (SSSR count). The Labute approximate surface area is 88.5 Å². The number of hydrogen-bond donors (Lipinski definition) is 0. The van der Waals surface area contributed by atoms with Gasteiger partial charge in [0, 0.05) is 11.3 Å². The second-order valence-corrected chi connectivity index (χ2v) is 4.19. The van der Waals surface area contributed by atoms with Crippen molar-refractivity contribution < 1.29 is 0 Å². The molecule has 0 nitrogen and oxygen atoms in total. The van der Waals surface area contributed by atoms with Gasteiger partial charge in [-0.15, -0.1) is 11.3 Å². The molecule has 70 valence electrons. The van der Waals surface area contributed by atoms with Gasteiger partial charge < -0.3 is 0 Å². The lowest BCUT2D eigenvalue weighted by atomic mass is 10.0. The van der Waals surface area contributed by atoms with Crippen LogP contribution in [-0.2, 0) is 6.42 Å². The lowest BCUT2D eigenvalue weighted by Gasteiger charge is -2.03. The summed E-state index contributed by atoms with van der Waals surface area (Å²) in [6, 6.07) is 12.7. The minimum atomic E-state index is 1.01. The Balaban J connectivity index is 2.28. The lowest BCUT2D eigenvalue weighted by molar-refractivity contribution is 1.23. The molecule has 0 fully saturated rings. The van der Waals surface area contributed by atoms with Crippen molar-refractivity contribution in [1.82, 2.24) is 0 Å². The second-order valence-electron chi connectivity index (χ2n) is 3.16. The Morgan fingerprint density at radius 2 is 2.00 bits per heavy atom. The van der Waals surface area contributed by atoms with Crippen LogP contribution in [0.4, 0.5) is 0 Å². The summed E-state index contributed by atoms with van der Waals surface area (Å²) in [7, 11) is 0. The van der Waals surface area contributed by atoms with Crippen molar-refractivity contribution >= 4 is 17.4 Å². The van der Waals surface area contributed by atoms with Gasteiger partial charge in [-0.2, -0.15) is 0 Å². The molecule has 0 unspecified atom stereocenters. The van der Waals surface area contributed by atoms with E-state index in [0.717, 1.165) is 6.42 Å². The maximum Gasteiger partial charge on any atom is 0.00892 e. The Morgan fingerprint density at radius 3 is 2.71 bits per heavy atom. The number of thiophene rings is 1. The van der Waals surface area contributed by atoms with E-state index in [1.54, 1.807) is 11.3 Å². The van der Waals surface area contributed by atoms with Gasteiger partial charge in [-0.3, -0.25) is 0 Å². The summed E-state index contributed by atoms with van der Waals surface area (Å²) in [6.07, 6.45) is 2.93. The molecular weight excluding hydrogens is 188 g/mol. The van der Waals surface area contributed by atoms with Crippen LogP contribution in [-0.4, -0.2) is 0 Å². The van der Waals surface area contributed by atoms with Crippen molar-refractivity contribution in [3.05, 3.63) is 64.4 Å². The third kappa shape index (κ3) is 1.94. The summed E-state index contributed by atoms with van der Waals surface area (Å²) in [5.41, 5.74) is 2.59. The van der Waals surface area contributed by atoms with Crippen molar-refractivity contribution in [1.29, 1.82) is 0 Å². The van der Waals surface area contributed by atoms with E-state index in [0.29, 0.717) is 0 Å². The van der Waals surface area contributed by atoms with Gasteiger partial charge in [0.05, 0.1) is 0 Å². The quantitative estimate of drug-likeness (QED) is 0.703. The Bertz CT molecular complexity index is 413. The van der Waals surface area contributed by atoms with E-state index in [2.05, 4.69) is 48.4 Å². The zero-order chi connectivity index (χ0) is 9.80. The van der Waals surface area contributed by atoms with Gasteiger partial charge in [-0.1, -0.05) is 43.0 Å². The van der Waals surface area contributed by atoms with Crippen LogP contribution in [0, 0.1) is 0 Å². The van der Waals surface area contributed by atoms with E-state index in [-0.39, 0.29) is 0 Å². The fraction of sp³-hybridized carbons (Fsp3) is 0.0769. The molecule has 0 saturated carbocycles. The molecule has 0 atom stereocenters. The van der Waals surface area contributed by atoms with Crippen LogP contribution in [0.3, 0.4) is 0 Å². The van der Waals surface area contributed by atoms with E-state index >= 15 is 0 Å². The summed E-state index contributed by atoms with van der Waals surface area (Å²) < 4.78 is 0. The summed E-state index contributed by atoms with van der Waals surface area (Å²) in [4.78, 5) is 1.40. The molecule has 0 amide bonds. The maximum atomic E-state index is 3.82. The van der Waals surface area contributed by atoms with Crippen molar-refractivity contribution in [2.75, 3.05) is 0 Å². The minimum absolute atomic E-state index is 1.01. The Morgan fingerprint density at radius 1 is 1.14 bits per heavy atom. The first-order chi connectivity index (χ1) is 6.90. The second kappa shape index (κ2) is 4.25. The number of rotatable bonds is 3. The SMILES string of the molecule is C=Cc1ccccc1Cc1cccs1. The number of hydrogen-bond acceptors (Lipinski definition) is 1. The molecule has 0 radical (unpaired) electrons.